The first-order valence-corrected chi connectivity index (χ1v) is 18.7. The number of hydrogen-bond donors (Lipinski definition) is 2. The molecule has 0 fully saturated rings. The molecule has 0 aliphatic rings. The molecule has 20 heavy (non-hydrogen) atoms. The minimum atomic E-state index is -2.22. The van der Waals surface area contributed by atoms with E-state index in [4.69, 9.17) is 22.6 Å². The van der Waals surface area contributed by atoms with Gasteiger partial charge in [-0.3, -0.25) is 0 Å². The van der Waals surface area contributed by atoms with E-state index in [0.717, 1.165) is 6.04 Å². The average molecular weight is 357 g/mol. The van der Waals surface area contributed by atoms with Crippen molar-refractivity contribution in [1.29, 1.82) is 0 Å². The lowest BCUT2D eigenvalue weighted by Crippen LogP contribution is -2.53. The summed E-state index contributed by atoms with van der Waals surface area (Å²) in [5.74, 6) is 0. The summed E-state index contributed by atoms with van der Waals surface area (Å²) < 4.78 is 18.6. The Hall–Kier alpha value is 0.668. The van der Waals surface area contributed by atoms with Gasteiger partial charge in [0.15, 0.2) is 23.6 Å². The molecule has 0 aromatic heterocycles. The Morgan fingerprint density at radius 2 is 1.40 bits per heavy atom. The summed E-state index contributed by atoms with van der Waals surface area (Å²) in [7, 11) is -7.42. The predicted octanol–water partition coefficient (Wildman–Crippen LogP) is 2.33. The van der Waals surface area contributed by atoms with E-state index in [2.05, 4.69) is 39.3 Å². The van der Waals surface area contributed by atoms with Gasteiger partial charge in [-0.2, -0.15) is 0 Å². The van der Waals surface area contributed by atoms with Crippen molar-refractivity contribution in [2.24, 2.45) is 0 Å². The van der Waals surface area contributed by atoms with Crippen LogP contribution in [0.4, 0.5) is 0 Å². The van der Waals surface area contributed by atoms with Crippen LogP contribution in [0.2, 0.25) is 58.4 Å². The van der Waals surface area contributed by atoms with Crippen LogP contribution in [0.25, 0.3) is 0 Å². The second-order valence-electron chi connectivity index (χ2n) is 7.10. The third-order valence-corrected chi connectivity index (χ3v) is 15.7. The molecule has 0 heterocycles. The molecule has 5 nitrogen and oxygen atoms in total. The van der Waals surface area contributed by atoms with E-state index in [1.807, 2.05) is 13.1 Å². The largest absolute Gasteiger partial charge is 0.439 e. The maximum Gasteiger partial charge on any atom is 0.312 e. The fourth-order valence-electron chi connectivity index (χ4n) is 2.30. The highest BCUT2D eigenvalue weighted by molar-refractivity contribution is 6.87. The fourth-order valence-corrected chi connectivity index (χ4v) is 19.2. The van der Waals surface area contributed by atoms with E-state index in [1.165, 1.54) is 0 Å². The molecule has 122 valence electrons. The van der Waals surface area contributed by atoms with Crippen molar-refractivity contribution < 1.29 is 22.6 Å². The Labute approximate surface area is 128 Å². The summed E-state index contributed by atoms with van der Waals surface area (Å²) in [6, 6.07) is 0.744. The number of aliphatic hydroxyl groups excluding tert-OH is 1. The fraction of sp³-hybridized carbons (Fsp3) is 1.00. The molecule has 0 amide bonds. The van der Waals surface area contributed by atoms with Gasteiger partial charge in [-0.05, 0) is 64.8 Å². The summed E-state index contributed by atoms with van der Waals surface area (Å²) >= 11 is 0. The van der Waals surface area contributed by atoms with Gasteiger partial charge in [0.05, 0.1) is 0 Å². The van der Waals surface area contributed by atoms with Gasteiger partial charge < -0.3 is 22.6 Å². The Bertz CT molecular complexity index is 291. The third kappa shape index (κ3) is 11.3. The summed E-state index contributed by atoms with van der Waals surface area (Å²) in [5.41, 5.74) is 0. The second kappa shape index (κ2) is 7.79. The van der Waals surface area contributed by atoms with Crippen LogP contribution in [-0.4, -0.2) is 51.0 Å². The van der Waals surface area contributed by atoms with Crippen LogP contribution < -0.4 is 0 Å². The molecule has 1 unspecified atom stereocenters. The van der Waals surface area contributed by atoms with Crippen molar-refractivity contribution in [2.75, 3.05) is 0 Å². The number of hydrogen-bond acceptors (Lipinski definition) is 5. The lowest BCUT2D eigenvalue weighted by atomic mass is 10.5. The Kier molecular flexibility index (Phi) is 8.05. The standard InChI is InChI=1S/C11H32O5Si4/c1-17(10-9-11(12)13)14-19(5,6)16-20(7,8)15-18(2,3)4/h11-13,17H,9-10H2,1-8H3. The molecule has 0 aromatic rings. The highest BCUT2D eigenvalue weighted by atomic mass is 28.5. The van der Waals surface area contributed by atoms with Gasteiger partial charge >= 0.3 is 17.1 Å². The average Bonchev–Trinajstić information content (AvgIpc) is 2.06. The quantitative estimate of drug-likeness (QED) is 0.490. The lowest BCUT2D eigenvalue weighted by Gasteiger charge is -2.38. The second-order valence-corrected chi connectivity index (χ2v) is 21.7. The van der Waals surface area contributed by atoms with Crippen LogP contribution >= 0.6 is 0 Å². The van der Waals surface area contributed by atoms with Gasteiger partial charge in [-0.15, -0.1) is 0 Å². The minimum Gasteiger partial charge on any atom is -0.439 e. The van der Waals surface area contributed by atoms with E-state index in [9.17, 15) is 0 Å². The van der Waals surface area contributed by atoms with Crippen molar-refractivity contribution >= 4 is 34.5 Å². The topological polar surface area (TPSA) is 68.2 Å². The number of aliphatic hydroxyl groups is 2. The molecule has 0 aromatic carbocycles. The molecule has 0 radical (unpaired) electrons. The molecule has 0 bridgehead atoms. The van der Waals surface area contributed by atoms with Gasteiger partial charge in [0.25, 0.3) is 0 Å². The Morgan fingerprint density at radius 3 is 1.80 bits per heavy atom. The molecule has 0 rings (SSSR count). The summed E-state index contributed by atoms with van der Waals surface area (Å²) in [6.45, 7) is 16.8. The molecule has 0 saturated heterocycles. The van der Waals surface area contributed by atoms with Crippen molar-refractivity contribution in [2.45, 2.75) is 71.1 Å². The van der Waals surface area contributed by atoms with E-state index in [1.54, 1.807) is 0 Å². The van der Waals surface area contributed by atoms with Crippen LogP contribution in [0.1, 0.15) is 6.42 Å². The normalized spacial score (nSPS) is 15.8. The maximum absolute atomic E-state index is 8.91. The van der Waals surface area contributed by atoms with Crippen molar-refractivity contribution in [3.05, 3.63) is 0 Å². The van der Waals surface area contributed by atoms with Gasteiger partial charge in [-0.1, -0.05) is 0 Å². The van der Waals surface area contributed by atoms with Crippen LogP contribution in [0, 0.1) is 0 Å². The van der Waals surface area contributed by atoms with Crippen LogP contribution in [0.5, 0.6) is 0 Å². The van der Waals surface area contributed by atoms with Gasteiger partial charge in [0.2, 0.25) is 0 Å². The van der Waals surface area contributed by atoms with Crippen molar-refractivity contribution in [3.8, 4) is 0 Å². The zero-order chi connectivity index (χ0) is 16.2. The van der Waals surface area contributed by atoms with E-state index >= 15 is 0 Å². The maximum atomic E-state index is 8.91. The summed E-state index contributed by atoms with van der Waals surface area (Å²) in [6.07, 6.45) is -0.857. The van der Waals surface area contributed by atoms with E-state index in [0.29, 0.717) is 6.42 Å². The Morgan fingerprint density at radius 1 is 0.900 bits per heavy atom. The van der Waals surface area contributed by atoms with Crippen LogP contribution in [-0.2, 0) is 12.3 Å². The summed E-state index contributed by atoms with van der Waals surface area (Å²) in [5, 5.41) is 17.8. The van der Waals surface area contributed by atoms with Gasteiger partial charge in [0.1, 0.15) is 0 Å². The monoisotopic (exact) mass is 356 g/mol. The Balaban J connectivity index is 4.42. The van der Waals surface area contributed by atoms with E-state index in [-0.39, 0.29) is 0 Å². The first-order valence-electron chi connectivity index (χ1n) is 7.17. The zero-order valence-electron chi connectivity index (χ0n) is 14.2. The molecular formula is C11H32O5Si4. The minimum absolute atomic E-state index is 0.379. The molecular weight excluding hydrogens is 324 g/mol. The van der Waals surface area contributed by atoms with Gasteiger partial charge in [-0.25, -0.2) is 0 Å². The van der Waals surface area contributed by atoms with Crippen molar-refractivity contribution in [3.63, 3.8) is 0 Å². The first kappa shape index (κ1) is 20.7. The molecule has 0 aliphatic carbocycles. The van der Waals surface area contributed by atoms with Crippen LogP contribution in [0.3, 0.4) is 0 Å². The predicted molar refractivity (Wildman–Crippen MR) is 92.2 cm³/mol. The molecule has 0 saturated carbocycles. The molecule has 0 spiro atoms. The van der Waals surface area contributed by atoms with Crippen LogP contribution in [0.15, 0.2) is 0 Å². The summed E-state index contributed by atoms with van der Waals surface area (Å²) in [4.78, 5) is 0. The van der Waals surface area contributed by atoms with E-state index < -0.39 is 40.8 Å². The molecule has 0 aliphatic heterocycles. The third-order valence-electron chi connectivity index (χ3n) is 2.36. The number of rotatable bonds is 9. The van der Waals surface area contributed by atoms with Gasteiger partial charge in [0, 0.05) is 0 Å². The van der Waals surface area contributed by atoms with Crippen molar-refractivity contribution in [1.82, 2.24) is 0 Å². The SMILES string of the molecule is C[SiH](CCC(O)O)O[Si](C)(C)O[Si](C)(C)O[Si](C)(C)C. The first-order chi connectivity index (χ1) is 8.72. The highest BCUT2D eigenvalue weighted by Crippen LogP contribution is 2.22. The molecule has 1 atom stereocenters. The molecule has 9 heteroatoms. The molecule has 2 N–H and O–H groups in total. The zero-order valence-corrected chi connectivity index (χ0v) is 18.3. The smallest absolute Gasteiger partial charge is 0.312 e. The highest BCUT2D eigenvalue weighted by Gasteiger charge is 2.39. The lowest BCUT2D eigenvalue weighted by molar-refractivity contribution is -0.0417.